The van der Waals surface area contributed by atoms with Gasteiger partial charge < -0.3 is 0 Å². The molecule has 0 aliphatic heterocycles. The third kappa shape index (κ3) is 2.15. The zero-order chi connectivity index (χ0) is 9.14. The molecule has 0 aliphatic rings. The van der Waals surface area contributed by atoms with E-state index in [-0.39, 0.29) is 5.69 Å². The number of anilines is 1. The standard InChI is InChI=1S/C6H4F2N2O2/c7-4-1-5(8)3-6(2-4)9-10(11)12/h1-3,9H. The first-order valence-electron chi connectivity index (χ1n) is 2.95. The summed E-state index contributed by atoms with van der Waals surface area (Å²) in [6, 6.07) is 2.28. The van der Waals surface area contributed by atoms with E-state index in [0.29, 0.717) is 6.07 Å². The van der Waals surface area contributed by atoms with Crippen molar-refractivity contribution in [3.63, 3.8) is 0 Å². The van der Waals surface area contributed by atoms with Crippen LogP contribution in [0.1, 0.15) is 0 Å². The van der Waals surface area contributed by atoms with Crippen LogP contribution in [0, 0.1) is 21.7 Å². The number of nitrogens with one attached hydrogen (secondary N) is 1. The lowest BCUT2D eigenvalue weighted by atomic mass is 10.3. The molecule has 0 unspecified atom stereocenters. The number of hydrazine groups is 1. The molecule has 0 spiro atoms. The fourth-order valence-electron chi connectivity index (χ4n) is 0.724. The Hall–Kier alpha value is -1.72. The zero-order valence-electron chi connectivity index (χ0n) is 5.75. The third-order valence-electron chi connectivity index (χ3n) is 1.08. The van der Waals surface area contributed by atoms with Crippen LogP contribution in [0.3, 0.4) is 0 Å². The summed E-state index contributed by atoms with van der Waals surface area (Å²) in [7, 11) is 0. The van der Waals surface area contributed by atoms with Crippen LogP contribution in [0.2, 0.25) is 0 Å². The smallest absolute Gasteiger partial charge is 0.162 e. The van der Waals surface area contributed by atoms with Crippen molar-refractivity contribution in [1.82, 2.24) is 0 Å². The average molecular weight is 174 g/mol. The number of nitro groups is 1. The average Bonchev–Trinajstić information content (AvgIpc) is 1.81. The number of nitrogens with zero attached hydrogens (tertiary/aromatic N) is 1. The van der Waals surface area contributed by atoms with Gasteiger partial charge in [0.25, 0.3) is 0 Å². The molecule has 1 aromatic rings. The molecule has 64 valence electrons. The summed E-state index contributed by atoms with van der Waals surface area (Å²) in [5, 5.41) is 8.95. The molecule has 4 nitrogen and oxygen atoms in total. The number of hydrogen-bond donors (Lipinski definition) is 1. The first kappa shape index (κ1) is 8.38. The monoisotopic (exact) mass is 174 g/mol. The molecule has 1 N–H and O–H groups in total. The van der Waals surface area contributed by atoms with E-state index in [2.05, 4.69) is 0 Å². The van der Waals surface area contributed by atoms with Gasteiger partial charge in [0.1, 0.15) is 17.3 Å². The van der Waals surface area contributed by atoms with Crippen molar-refractivity contribution in [2.75, 3.05) is 5.43 Å². The van der Waals surface area contributed by atoms with Gasteiger partial charge >= 0.3 is 0 Å². The molecule has 0 saturated carbocycles. The van der Waals surface area contributed by atoms with Gasteiger partial charge in [0, 0.05) is 18.2 Å². The van der Waals surface area contributed by atoms with Gasteiger partial charge in [-0.3, -0.25) is 0 Å². The largest absolute Gasteiger partial charge is 0.235 e. The van der Waals surface area contributed by atoms with E-state index >= 15 is 0 Å². The minimum Gasteiger partial charge on any atom is -0.235 e. The molecule has 1 rings (SSSR count). The van der Waals surface area contributed by atoms with Crippen LogP contribution < -0.4 is 5.43 Å². The number of benzene rings is 1. The lowest BCUT2D eigenvalue weighted by Gasteiger charge is -1.96. The van der Waals surface area contributed by atoms with E-state index in [9.17, 15) is 18.9 Å². The second kappa shape index (κ2) is 3.12. The van der Waals surface area contributed by atoms with E-state index in [4.69, 9.17) is 0 Å². The summed E-state index contributed by atoms with van der Waals surface area (Å²) in [6.07, 6.45) is 0. The second-order valence-corrected chi connectivity index (χ2v) is 2.03. The zero-order valence-corrected chi connectivity index (χ0v) is 5.75. The fraction of sp³-hybridized carbons (Fsp3) is 0. The van der Waals surface area contributed by atoms with Gasteiger partial charge in [-0.2, -0.15) is 0 Å². The molecule has 0 amide bonds. The Bertz CT molecular complexity index is 296. The molecule has 0 saturated heterocycles. The van der Waals surface area contributed by atoms with Crippen LogP contribution in [0.25, 0.3) is 0 Å². The first-order chi connectivity index (χ1) is 5.58. The van der Waals surface area contributed by atoms with Crippen molar-refractivity contribution < 1.29 is 13.8 Å². The van der Waals surface area contributed by atoms with Crippen molar-refractivity contribution in [2.24, 2.45) is 0 Å². The highest BCUT2D eigenvalue weighted by Gasteiger charge is 2.03. The molecule has 0 aliphatic carbocycles. The van der Waals surface area contributed by atoms with Gasteiger partial charge in [-0.05, 0) is 0 Å². The molecule has 0 aromatic heterocycles. The van der Waals surface area contributed by atoms with Crippen molar-refractivity contribution in [2.45, 2.75) is 0 Å². The molecule has 0 fully saturated rings. The summed E-state index contributed by atoms with van der Waals surface area (Å²) in [5.41, 5.74) is 1.40. The van der Waals surface area contributed by atoms with Crippen LogP contribution in [0.15, 0.2) is 18.2 Å². The van der Waals surface area contributed by atoms with Gasteiger partial charge in [0.05, 0.1) is 0 Å². The van der Waals surface area contributed by atoms with E-state index in [1.165, 1.54) is 0 Å². The van der Waals surface area contributed by atoms with Crippen molar-refractivity contribution in [1.29, 1.82) is 0 Å². The predicted octanol–water partition coefficient (Wildman–Crippen LogP) is 1.57. The van der Waals surface area contributed by atoms with Gasteiger partial charge in [0.2, 0.25) is 0 Å². The first-order valence-corrected chi connectivity index (χ1v) is 2.95. The van der Waals surface area contributed by atoms with E-state index in [0.717, 1.165) is 12.1 Å². The van der Waals surface area contributed by atoms with Gasteiger partial charge in [-0.15, -0.1) is 5.43 Å². The van der Waals surface area contributed by atoms with E-state index in [1.54, 1.807) is 5.43 Å². The minimum absolute atomic E-state index is 0.225. The molecule has 1 aromatic carbocycles. The third-order valence-corrected chi connectivity index (χ3v) is 1.08. The van der Waals surface area contributed by atoms with Gasteiger partial charge in [0.15, 0.2) is 5.03 Å². The van der Waals surface area contributed by atoms with E-state index < -0.39 is 16.7 Å². The highest BCUT2D eigenvalue weighted by atomic mass is 19.1. The summed E-state index contributed by atoms with van der Waals surface area (Å²) in [6.45, 7) is 0. The minimum atomic E-state index is -0.895. The molecule has 0 radical (unpaired) electrons. The molecule has 0 atom stereocenters. The van der Waals surface area contributed by atoms with Gasteiger partial charge in [-0.1, -0.05) is 0 Å². The predicted molar refractivity (Wildman–Crippen MR) is 37.0 cm³/mol. The van der Waals surface area contributed by atoms with Crippen LogP contribution in [-0.4, -0.2) is 5.03 Å². The topological polar surface area (TPSA) is 55.2 Å². The molecule has 6 heteroatoms. The second-order valence-electron chi connectivity index (χ2n) is 2.03. The van der Waals surface area contributed by atoms with Crippen molar-refractivity contribution in [3.05, 3.63) is 39.9 Å². The molecule has 0 heterocycles. The molecule has 0 bridgehead atoms. The Morgan fingerprint density at radius 3 is 2.17 bits per heavy atom. The van der Waals surface area contributed by atoms with Crippen molar-refractivity contribution >= 4 is 5.69 Å². The maximum Gasteiger partial charge on any atom is 0.162 e. The lowest BCUT2D eigenvalue weighted by Crippen LogP contribution is -2.08. The van der Waals surface area contributed by atoms with E-state index in [1.807, 2.05) is 0 Å². The molecular weight excluding hydrogens is 170 g/mol. The fourth-order valence-corrected chi connectivity index (χ4v) is 0.724. The SMILES string of the molecule is O=[N+]([O-])Nc1cc(F)cc(F)c1. The summed E-state index contributed by atoms with van der Waals surface area (Å²) < 4.78 is 24.8. The lowest BCUT2D eigenvalue weighted by molar-refractivity contribution is -0.445. The molecular formula is C6H4F2N2O2. The maximum atomic E-state index is 12.4. The van der Waals surface area contributed by atoms with Gasteiger partial charge in [-0.25, -0.2) is 18.9 Å². The maximum absolute atomic E-state index is 12.4. The summed E-state index contributed by atoms with van der Waals surface area (Å²) >= 11 is 0. The normalized spacial score (nSPS) is 9.50. The Kier molecular flexibility index (Phi) is 2.18. The van der Waals surface area contributed by atoms with Crippen molar-refractivity contribution in [3.8, 4) is 0 Å². The van der Waals surface area contributed by atoms with Crippen LogP contribution in [-0.2, 0) is 0 Å². The Morgan fingerprint density at radius 2 is 1.75 bits per heavy atom. The highest BCUT2D eigenvalue weighted by molar-refractivity contribution is 5.41. The highest BCUT2D eigenvalue weighted by Crippen LogP contribution is 2.12. The quantitative estimate of drug-likeness (QED) is 0.546. The Morgan fingerprint density at radius 1 is 1.25 bits per heavy atom. The number of hydrogen-bond acceptors (Lipinski definition) is 2. The van der Waals surface area contributed by atoms with Crippen LogP contribution in [0.4, 0.5) is 14.5 Å². The Labute approximate surface area is 65.9 Å². The summed E-state index contributed by atoms with van der Waals surface area (Å²) in [5.74, 6) is -1.72. The molecule has 12 heavy (non-hydrogen) atoms. The summed E-state index contributed by atoms with van der Waals surface area (Å²) in [4.78, 5) is 9.84. The Balaban J connectivity index is 2.93. The van der Waals surface area contributed by atoms with Crippen LogP contribution in [0.5, 0.6) is 0 Å². The van der Waals surface area contributed by atoms with Crippen LogP contribution >= 0.6 is 0 Å². The number of halogens is 2. The number of rotatable bonds is 2.